The van der Waals surface area contributed by atoms with E-state index in [4.69, 9.17) is 4.74 Å². The highest BCUT2D eigenvalue weighted by Gasteiger charge is 2.26. The van der Waals surface area contributed by atoms with Crippen LogP contribution in [-0.2, 0) is 10.0 Å². The van der Waals surface area contributed by atoms with Crippen molar-refractivity contribution >= 4 is 32.5 Å². The Bertz CT molecular complexity index is 1620. The lowest BCUT2D eigenvalue weighted by atomic mass is 10.00. The molecule has 12 heteroatoms. The third-order valence-corrected chi connectivity index (χ3v) is 8.14. The van der Waals surface area contributed by atoms with Gasteiger partial charge in [0, 0.05) is 53.3 Å². The van der Waals surface area contributed by atoms with E-state index in [1.807, 2.05) is 6.07 Å². The van der Waals surface area contributed by atoms with Gasteiger partial charge in [-0.05, 0) is 50.2 Å². The highest BCUT2D eigenvalue weighted by atomic mass is 32.2. The summed E-state index contributed by atoms with van der Waals surface area (Å²) < 4.78 is 62.1. The van der Waals surface area contributed by atoms with Crippen molar-refractivity contribution in [1.82, 2.24) is 19.9 Å². The van der Waals surface area contributed by atoms with Crippen LogP contribution >= 0.6 is 0 Å². The van der Waals surface area contributed by atoms with Gasteiger partial charge in [-0.15, -0.1) is 0 Å². The van der Waals surface area contributed by atoms with E-state index in [2.05, 4.69) is 38.4 Å². The number of rotatable bonds is 14. The number of nitrogens with zero attached hydrogens (tertiary/aromatic N) is 3. The molecule has 0 unspecified atom stereocenters. The molecule has 0 amide bonds. The largest absolute Gasteiger partial charge is 0.478 e. The van der Waals surface area contributed by atoms with E-state index >= 15 is 4.39 Å². The number of carbonyl (C=O) groups is 1. The second-order valence-electron chi connectivity index (χ2n) is 9.47. The van der Waals surface area contributed by atoms with Gasteiger partial charge in [0.25, 0.3) is 0 Å². The summed E-state index contributed by atoms with van der Waals surface area (Å²) in [5.74, 6) is -3.11. The van der Waals surface area contributed by atoms with Gasteiger partial charge in [0.1, 0.15) is 11.5 Å². The summed E-state index contributed by atoms with van der Waals surface area (Å²) in [4.78, 5) is 27.3. The third kappa shape index (κ3) is 7.06. The van der Waals surface area contributed by atoms with E-state index in [0.29, 0.717) is 41.1 Å². The number of anilines is 1. The van der Waals surface area contributed by atoms with Crippen molar-refractivity contribution in [3.05, 3.63) is 71.7 Å². The molecule has 0 fully saturated rings. The van der Waals surface area contributed by atoms with Crippen molar-refractivity contribution in [2.75, 3.05) is 36.7 Å². The van der Waals surface area contributed by atoms with Crippen molar-refractivity contribution in [1.29, 1.82) is 0 Å². The number of nitrogens with one attached hydrogen (secondary N) is 2. The molecule has 3 aromatic heterocycles. The van der Waals surface area contributed by atoms with Crippen LogP contribution < -0.4 is 9.46 Å². The number of fused-ring (bicyclic) bond motifs is 1. The van der Waals surface area contributed by atoms with Crippen molar-refractivity contribution < 1.29 is 26.7 Å². The Hall–Kier alpha value is -3.90. The molecule has 2 N–H and O–H groups in total. The third-order valence-electron chi connectivity index (χ3n) is 6.66. The molecular weight excluding hydrogens is 552 g/mol. The lowest BCUT2D eigenvalue weighted by Gasteiger charge is -2.17. The number of pyridine rings is 2. The number of hydrogen-bond donors (Lipinski definition) is 2. The fraction of sp³-hybridized carbons (Fsp3) is 0.345. The molecular formula is C29H33F2N5O4S. The maximum Gasteiger partial charge on any atom is 0.232 e. The van der Waals surface area contributed by atoms with E-state index in [1.165, 1.54) is 6.20 Å². The predicted octanol–water partition coefficient (Wildman–Crippen LogP) is 5.40. The molecule has 0 saturated heterocycles. The van der Waals surface area contributed by atoms with E-state index in [9.17, 15) is 17.6 Å². The standard InChI is InChI=1S/C29H33F2N5O4S/c1-4-14-41(38,39)35-24-10-9-23(30)26(27(24)31)28(37)22-18-34-29-21(22)15-20(17-33-29)19-8-11-25(32-16-19)40-13-7-12-36(5-2)6-3/h8-11,15-18,35H,4-7,12-14H2,1-3H3,(H,33,34). The SMILES string of the molecule is CCCS(=O)(=O)Nc1ccc(F)c(C(=O)c2c[nH]c3ncc(-c4ccc(OCCCN(CC)CC)nc4)cc23)c1F. The first-order chi connectivity index (χ1) is 19.7. The quantitative estimate of drug-likeness (QED) is 0.150. The highest BCUT2D eigenvalue weighted by Crippen LogP contribution is 2.30. The van der Waals surface area contributed by atoms with Gasteiger partial charge >= 0.3 is 0 Å². The average Bonchev–Trinajstić information content (AvgIpc) is 3.38. The van der Waals surface area contributed by atoms with Crippen LogP contribution in [0.4, 0.5) is 14.5 Å². The first-order valence-corrected chi connectivity index (χ1v) is 15.1. The Labute approximate surface area is 238 Å². The Balaban J connectivity index is 1.56. The van der Waals surface area contributed by atoms with Gasteiger partial charge in [0.05, 0.1) is 23.6 Å². The number of ketones is 1. The van der Waals surface area contributed by atoms with Gasteiger partial charge in [0.2, 0.25) is 21.7 Å². The summed E-state index contributed by atoms with van der Waals surface area (Å²) in [6.45, 7) is 9.38. The van der Waals surface area contributed by atoms with Gasteiger partial charge in [0.15, 0.2) is 5.82 Å². The zero-order valence-corrected chi connectivity index (χ0v) is 24.0. The highest BCUT2D eigenvalue weighted by molar-refractivity contribution is 7.92. The van der Waals surface area contributed by atoms with Crippen LogP contribution in [0.25, 0.3) is 22.2 Å². The second-order valence-corrected chi connectivity index (χ2v) is 11.3. The molecule has 4 rings (SSSR count). The molecule has 218 valence electrons. The number of hydrogen-bond acceptors (Lipinski definition) is 7. The first kappa shape index (κ1) is 30.1. The van der Waals surface area contributed by atoms with Gasteiger partial charge in [-0.3, -0.25) is 9.52 Å². The molecule has 1 aromatic carbocycles. The number of H-pyrrole nitrogens is 1. The number of halogens is 2. The van der Waals surface area contributed by atoms with Crippen molar-refractivity contribution in [3.63, 3.8) is 0 Å². The second kappa shape index (κ2) is 13.2. The van der Waals surface area contributed by atoms with Crippen LogP contribution in [0.2, 0.25) is 0 Å². The fourth-order valence-electron chi connectivity index (χ4n) is 4.45. The minimum atomic E-state index is -3.86. The lowest BCUT2D eigenvalue weighted by molar-refractivity contribution is 0.103. The predicted molar refractivity (Wildman–Crippen MR) is 155 cm³/mol. The van der Waals surface area contributed by atoms with Crippen molar-refractivity contribution in [2.45, 2.75) is 33.6 Å². The number of carbonyl (C=O) groups excluding carboxylic acids is 1. The van der Waals surface area contributed by atoms with E-state index < -0.39 is 38.7 Å². The van der Waals surface area contributed by atoms with Gasteiger partial charge in [-0.25, -0.2) is 27.2 Å². The molecule has 0 spiro atoms. The van der Waals surface area contributed by atoms with Crippen LogP contribution in [0.15, 0.2) is 48.9 Å². The topological polar surface area (TPSA) is 117 Å². The number of benzene rings is 1. The Kier molecular flexibility index (Phi) is 9.66. The molecule has 0 aliphatic heterocycles. The van der Waals surface area contributed by atoms with Crippen molar-refractivity contribution in [2.24, 2.45) is 0 Å². The van der Waals surface area contributed by atoms with Crippen LogP contribution in [-0.4, -0.2) is 66.0 Å². The maximum atomic E-state index is 15.3. The number of aromatic nitrogens is 3. The molecule has 4 aromatic rings. The molecule has 0 atom stereocenters. The monoisotopic (exact) mass is 585 g/mol. The first-order valence-electron chi connectivity index (χ1n) is 13.5. The summed E-state index contributed by atoms with van der Waals surface area (Å²) in [5, 5.41) is 0.347. The Morgan fingerprint density at radius 1 is 1.05 bits per heavy atom. The number of ether oxygens (including phenoxy) is 1. The molecule has 0 saturated carbocycles. The summed E-state index contributed by atoms with van der Waals surface area (Å²) >= 11 is 0. The van der Waals surface area contributed by atoms with E-state index in [0.717, 1.165) is 38.2 Å². The minimum absolute atomic E-state index is 0.0122. The number of aromatic amines is 1. The van der Waals surface area contributed by atoms with Crippen molar-refractivity contribution in [3.8, 4) is 17.0 Å². The molecule has 0 aliphatic rings. The summed E-state index contributed by atoms with van der Waals surface area (Å²) in [6.07, 6.45) is 5.73. The van der Waals surface area contributed by atoms with Gasteiger partial charge < -0.3 is 14.6 Å². The molecule has 0 aliphatic carbocycles. The molecule has 9 nitrogen and oxygen atoms in total. The lowest BCUT2D eigenvalue weighted by Crippen LogP contribution is -2.25. The van der Waals surface area contributed by atoms with Gasteiger partial charge in [-0.2, -0.15) is 0 Å². The van der Waals surface area contributed by atoms with Crippen LogP contribution in [0.3, 0.4) is 0 Å². The summed E-state index contributed by atoms with van der Waals surface area (Å²) in [6, 6.07) is 7.05. The van der Waals surface area contributed by atoms with Gasteiger partial charge in [-0.1, -0.05) is 20.8 Å². The van der Waals surface area contributed by atoms with E-state index in [1.54, 1.807) is 31.5 Å². The van der Waals surface area contributed by atoms with Crippen LogP contribution in [0.1, 0.15) is 49.5 Å². The Morgan fingerprint density at radius 2 is 1.80 bits per heavy atom. The maximum absolute atomic E-state index is 15.3. The normalized spacial score (nSPS) is 11.8. The smallest absolute Gasteiger partial charge is 0.232 e. The molecule has 41 heavy (non-hydrogen) atoms. The summed E-state index contributed by atoms with van der Waals surface area (Å²) in [7, 11) is -3.86. The molecule has 0 bridgehead atoms. The fourth-order valence-corrected chi connectivity index (χ4v) is 5.58. The Morgan fingerprint density at radius 3 is 2.49 bits per heavy atom. The molecule has 3 heterocycles. The van der Waals surface area contributed by atoms with Crippen LogP contribution in [0, 0.1) is 11.6 Å². The van der Waals surface area contributed by atoms with E-state index in [-0.39, 0.29) is 11.3 Å². The number of sulfonamides is 1. The molecule has 0 radical (unpaired) electrons. The zero-order chi connectivity index (χ0) is 29.6. The minimum Gasteiger partial charge on any atom is -0.478 e. The zero-order valence-electron chi connectivity index (χ0n) is 23.2. The van der Waals surface area contributed by atoms with Crippen LogP contribution in [0.5, 0.6) is 5.88 Å². The average molecular weight is 586 g/mol. The summed E-state index contributed by atoms with van der Waals surface area (Å²) in [5.41, 5.74) is 0.314.